The van der Waals surface area contributed by atoms with Crippen LogP contribution in [0.1, 0.15) is 37.1 Å². The van der Waals surface area contributed by atoms with Gasteiger partial charge in [0, 0.05) is 37.4 Å². The number of sulfonamides is 1. The molecule has 0 radical (unpaired) electrons. The second-order valence-electron chi connectivity index (χ2n) is 5.62. The smallest absolute Gasteiger partial charge is 0.246 e. The van der Waals surface area contributed by atoms with E-state index in [1.165, 1.54) is 6.20 Å². The summed E-state index contributed by atoms with van der Waals surface area (Å²) in [6, 6.07) is 1.92. The van der Waals surface area contributed by atoms with Crippen LogP contribution in [0.15, 0.2) is 23.4 Å². The Balaban J connectivity index is 1.87. The van der Waals surface area contributed by atoms with Crippen LogP contribution in [0.25, 0.3) is 0 Å². The van der Waals surface area contributed by atoms with Crippen molar-refractivity contribution in [2.24, 2.45) is 0 Å². The zero-order chi connectivity index (χ0) is 15.7. The van der Waals surface area contributed by atoms with Gasteiger partial charge in [-0.2, -0.15) is 14.5 Å². The number of rotatable bonds is 4. The molecule has 1 atom stereocenters. The summed E-state index contributed by atoms with van der Waals surface area (Å²) >= 11 is 0. The molecule has 1 aliphatic heterocycles. The predicted molar refractivity (Wildman–Crippen MR) is 82.0 cm³/mol. The molecule has 0 aliphatic carbocycles. The van der Waals surface area contributed by atoms with Crippen LogP contribution in [0.2, 0.25) is 0 Å². The molecule has 3 heterocycles. The minimum Gasteiger partial charge on any atom is -0.282 e. The highest BCUT2D eigenvalue weighted by Gasteiger charge is 2.33. The average Bonchev–Trinajstić information content (AvgIpc) is 3.16. The number of H-pyrrole nitrogens is 1. The van der Waals surface area contributed by atoms with Crippen molar-refractivity contribution in [1.82, 2.24) is 24.3 Å². The lowest BCUT2D eigenvalue weighted by Gasteiger charge is -2.31. The topological polar surface area (TPSA) is 83.9 Å². The fourth-order valence-corrected chi connectivity index (χ4v) is 4.73. The summed E-state index contributed by atoms with van der Waals surface area (Å²) in [4.78, 5) is 0.319. The zero-order valence-electron chi connectivity index (χ0n) is 12.9. The third-order valence-corrected chi connectivity index (χ3v) is 6.29. The first-order chi connectivity index (χ1) is 10.5. The number of piperidine rings is 1. The van der Waals surface area contributed by atoms with Gasteiger partial charge in [-0.05, 0) is 32.8 Å². The first-order valence-corrected chi connectivity index (χ1v) is 9.00. The van der Waals surface area contributed by atoms with Crippen LogP contribution in [-0.2, 0) is 16.6 Å². The van der Waals surface area contributed by atoms with Crippen LogP contribution >= 0.6 is 0 Å². The van der Waals surface area contributed by atoms with Gasteiger partial charge in [-0.1, -0.05) is 0 Å². The Bertz CT molecular complexity index is 735. The maximum Gasteiger partial charge on any atom is 0.246 e. The van der Waals surface area contributed by atoms with Crippen molar-refractivity contribution in [3.05, 3.63) is 29.8 Å². The molecule has 22 heavy (non-hydrogen) atoms. The van der Waals surface area contributed by atoms with Crippen LogP contribution in [-0.4, -0.2) is 45.8 Å². The van der Waals surface area contributed by atoms with Gasteiger partial charge < -0.3 is 0 Å². The molecule has 2 aromatic rings. The highest BCUT2D eigenvalue weighted by molar-refractivity contribution is 7.89. The molecule has 7 nitrogen and oxygen atoms in total. The van der Waals surface area contributed by atoms with E-state index < -0.39 is 10.0 Å². The van der Waals surface area contributed by atoms with E-state index in [0.29, 0.717) is 30.2 Å². The van der Waals surface area contributed by atoms with E-state index in [-0.39, 0.29) is 5.92 Å². The van der Waals surface area contributed by atoms with Gasteiger partial charge in [-0.25, -0.2) is 8.42 Å². The molecule has 1 saturated heterocycles. The largest absolute Gasteiger partial charge is 0.282 e. The van der Waals surface area contributed by atoms with Gasteiger partial charge in [0.05, 0.1) is 11.9 Å². The predicted octanol–water partition coefficient (Wildman–Crippen LogP) is 1.50. The molecule has 0 saturated carbocycles. The first-order valence-electron chi connectivity index (χ1n) is 7.56. The fourth-order valence-electron chi connectivity index (χ4n) is 3.05. The molecule has 0 aromatic carbocycles. The van der Waals surface area contributed by atoms with E-state index in [1.807, 2.05) is 13.0 Å². The van der Waals surface area contributed by atoms with Crippen LogP contribution in [0.4, 0.5) is 0 Å². The highest BCUT2D eigenvalue weighted by atomic mass is 32.2. The molecule has 8 heteroatoms. The Morgan fingerprint density at radius 3 is 2.91 bits per heavy atom. The Hall–Kier alpha value is -1.67. The Morgan fingerprint density at radius 2 is 2.27 bits per heavy atom. The van der Waals surface area contributed by atoms with Crippen LogP contribution in [0, 0.1) is 6.92 Å². The molecule has 1 N–H and O–H groups in total. The molecule has 120 valence electrons. The third-order valence-electron chi connectivity index (χ3n) is 4.32. The monoisotopic (exact) mass is 323 g/mol. The standard InChI is InChI=1S/C14H21N5O2S/c1-3-19-11(2)14(9-16-19)22(20,21)18-8-4-5-12(10-18)13-6-7-15-17-13/h6-7,9,12H,3-5,8,10H2,1-2H3,(H,15,17)/t12-/m1/s1. The van der Waals surface area contributed by atoms with Gasteiger partial charge >= 0.3 is 0 Å². The van der Waals surface area contributed by atoms with Crippen molar-refractivity contribution in [2.45, 2.75) is 44.0 Å². The molecule has 0 amide bonds. The summed E-state index contributed by atoms with van der Waals surface area (Å²) in [5.74, 6) is 0.174. The summed E-state index contributed by atoms with van der Waals surface area (Å²) in [7, 11) is -3.49. The first kappa shape index (κ1) is 15.2. The SMILES string of the molecule is CCn1ncc(S(=O)(=O)N2CCC[C@@H](c3ccn[nH]3)C2)c1C. The van der Waals surface area contributed by atoms with Crippen LogP contribution < -0.4 is 0 Å². The molecule has 0 unspecified atom stereocenters. The van der Waals surface area contributed by atoms with Crippen molar-refractivity contribution in [1.29, 1.82) is 0 Å². The quantitative estimate of drug-likeness (QED) is 0.924. The number of hydrogen-bond acceptors (Lipinski definition) is 4. The van der Waals surface area contributed by atoms with Gasteiger partial charge in [0.15, 0.2) is 0 Å². The molecular formula is C14H21N5O2S. The maximum atomic E-state index is 12.9. The Labute approximate surface area is 130 Å². The van der Waals surface area contributed by atoms with E-state index >= 15 is 0 Å². The summed E-state index contributed by atoms with van der Waals surface area (Å²) in [6.07, 6.45) is 5.00. The van der Waals surface area contributed by atoms with Crippen LogP contribution in [0.5, 0.6) is 0 Å². The number of aryl methyl sites for hydroxylation is 1. The summed E-state index contributed by atoms with van der Waals surface area (Å²) in [5, 5.41) is 11.1. The molecule has 1 fully saturated rings. The summed E-state index contributed by atoms with van der Waals surface area (Å²) in [5.41, 5.74) is 1.70. The van der Waals surface area contributed by atoms with Crippen molar-refractivity contribution in [3.63, 3.8) is 0 Å². The average molecular weight is 323 g/mol. The van der Waals surface area contributed by atoms with E-state index in [1.54, 1.807) is 22.1 Å². The normalized spacial score (nSPS) is 20.4. The van der Waals surface area contributed by atoms with Gasteiger partial charge in [-0.15, -0.1) is 0 Å². The fraction of sp³-hybridized carbons (Fsp3) is 0.571. The van der Waals surface area contributed by atoms with Crippen molar-refractivity contribution in [3.8, 4) is 0 Å². The molecule has 3 rings (SSSR count). The molecular weight excluding hydrogens is 302 g/mol. The van der Waals surface area contributed by atoms with E-state index in [2.05, 4.69) is 15.3 Å². The zero-order valence-corrected chi connectivity index (χ0v) is 13.7. The Morgan fingerprint density at radius 1 is 1.45 bits per heavy atom. The van der Waals surface area contributed by atoms with E-state index in [0.717, 1.165) is 18.5 Å². The molecule has 0 spiro atoms. The van der Waals surface area contributed by atoms with Gasteiger partial charge in [0.2, 0.25) is 10.0 Å². The van der Waals surface area contributed by atoms with Gasteiger partial charge in [0.25, 0.3) is 0 Å². The van der Waals surface area contributed by atoms with E-state index in [9.17, 15) is 8.42 Å². The highest BCUT2D eigenvalue weighted by Crippen LogP contribution is 2.30. The molecule has 2 aromatic heterocycles. The summed E-state index contributed by atoms with van der Waals surface area (Å²) < 4.78 is 29.1. The lowest BCUT2D eigenvalue weighted by atomic mass is 9.96. The second kappa shape index (κ2) is 5.85. The van der Waals surface area contributed by atoms with Gasteiger partial charge in [-0.3, -0.25) is 9.78 Å². The second-order valence-corrected chi connectivity index (χ2v) is 7.53. The summed E-state index contributed by atoms with van der Waals surface area (Å²) in [6.45, 7) is 5.47. The van der Waals surface area contributed by atoms with Crippen LogP contribution in [0.3, 0.4) is 0 Å². The van der Waals surface area contributed by atoms with Crippen molar-refractivity contribution >= 4 is 10.0 Å². The Kier molecular flexibility index (Phi) is 4.05. The van der Waals surface area contributed by atoms with Crippen molar-refractivity contribution < 1.29 is 8.42 Å². The number of aromatic nitrogens is 4. The number of hydrogen-bond donors (Lipinski definition) is 1. The third kappa shape index (κ3) is 2.56. The molecule has 1 aliphatic rings. The minimum atomic E-state index is -3.49. The lowest BCUT2D eigenvalue weighted by Crippen LogP contribution is -2.39. The number of aromatic amines is 1. The minimum absolute atomic E-state index is 0.174. The van der Waals surface area contributed by atoms with Crippen molar-refractivity contribution in [2.75, 3.05) is 13.1 Å². The van der Waals surface area contributed by atoms with E-state index in [4.69, 9.17) is 0 Å². The number of nitrogens with zero attached hydrogens (tertiary/aromatic N) is 4. The maximum absolute atomic E-state index is 12.9. The lowest BCUT2D eigenvalue weighted by molar-refractivity contribution is 0.312. The number of nitrogens with one attached hydrogen (secondary N) is 1. The molecule has 0 bridgehead atoms. The van der Waals surface area contributed by atoms with Gasteiger partial charge in [0.1, 0.15) is 4.90 Å².